The van der Waals surface area contributed by atoms with E-state index in [1.165, 1.54) is 17.4 Å². The van der Waals surface area contributed by atoms with Gasteiger partial charge in [0.15, 0.2) is 10.8 Å². The lowest BCUT2D eigenvalue weighted by atomic mass is 10.1. The Bertz CT molecular complexity index is 1180. The molecule has 1 aromatic carbocycles. The van der Waals surface area contributed by atoms with E-state index >= 15 is 0 Å². The second-order valence-electron chi connectivity index (χ2n) is 7.11. The van der Waals surface area contributed by atoms with Gasteiger partial charge in [-0.2, -0.15) is 13.2 Å². The number of fused-ring (bicyclic) bond motifs is 1. The van der Waals surface area contributed by atoms with Crippen LogP contribution in [0.25, 0.3) is 17.0 Å². The first kappa shape index (κ1) is 21.6. The summed E-state index contributed by atoms with van der Waals surface area (Å²) >= 11 is 2.86. The van der Waals surface area contributed by atoms with E-state index in [0.717, 1.165) is 42.2 Å². The van der Waals surface area contributed by atoms with Crippen LogP contribution in [-0.4, -0.2) is 20.4 Å². The van der Waals surface area contributed by atoms with Crippen LogP contribution in [-0.2, 0) is 6.18 Å². The van der Waals surface area contributed by atoms with Gasteiger partial charge in [-0.25, -0.2) is 9.97 Å². The van der Waals surface area contributed by atoms with Crippen LogP contribution in [0.4, 0.5) is 24.0 Å². The molecule has 0 radical (unpaired) electrons. The second kappa shape index (κ2) is 8.88. The van der Waals surface area contributed by atoms with Gasteiger partial charge in [0.05, 0.1) is 18.4 Å². The molecule has 4 aromatic rings. The zero-order valence-corrected chi connectivity index (χ0v) is 18.6. The zero-order chi connectivity index (χ0) is 22.0. The van der Waals surface area contributed by atoms with Crippen LogP contribution in [0.15, 0.2) is 35.2 Å². The highest BCUT2D eigenvalue weighted by atomic mass is 32.1. The Kier molecular flexibility index (Phi) is 6.19. The summed E-state index contributed by atoms with van der Waals surface area (Å²) in [5, 5.41) is 7.32. The predicted octanol–water partition coefficient (Wildman–Crippen LogP) is 7.16. The molecule has 0 aliphatic heterocycles. The van der Waals surface area contributed by atoms with Gasteiger partial charge in [0, 0.05) is 22.0 Å². The summed E-state index contributed by atoms with van der Waals surface area (Å²) in [5.74, 6) is -0.151. The van der Waals surface area contributed by atoms with Crippen molar-refractivity contribution in [1.82, 2.24) is 13.8 Å². The Morgan fingerprint density at radius 2 is 1.97 bits per heavy atom. The van der Waals surface area contributed by atoms with Crippen molar-refractivity contribution in [1.29, 1.82) is 0 Å². The number of halogens is 3. The van der Waals surface area contributed by atoms with Gasteiger partial charge >= 0.3 is 6.18 Å². The maximum Gasteiger partial charge on any atom is 0.420 e. The minimum absolute atomic E-state index is 0.151. The number of rotatable bonds is 8. The van der Waals surface area contributed by atoms with Gasteiger partial charge in [0.1, 0.15) is 17.1 Å². The first-order valence-corrected chi connectivity index (χ1v) is 11.6. The number of ether oxygens (including phenoxy) is 1. The number of thiazole rings is 1. The molecule has 0 bridgehead atoms. The summed E-state index contributed by atoms with van der Waals surface area (Å²) in [7, 11) is 0. The fourth-order valence-corrected chi connectivity index (χ4v) is 4.63. The van der Waals surface area contributed by atoms with E-state index in [9.17, 15) is 13.2 Å². The van der Waals surface area contributed by atoms with Crippen molar-refractivity contribution in [3.63, 3.8) is 0 Å². The molecule has 0 aliphatic carbocycles. The highest BCUT2D eigenvalue weighted by molar-refractivity contribution is 7.14. The average molecular weight is 467 g/mol. The Morgan fingerprint density at radius 3 is 2.71 bits per heavy atom. The van der Waals surface area contributed by atoms with Gasteiger partial charge in [-0.05, 0) is 31.5 Å². The van der Waals surface area contributed by atoms with Crippen molar-refractivity contribution in [2.45, 2.75) is 39.3 Å². The van der Waals surface area contributed by atoms with E-state index in [0.29, 0.717) is 16.5 Å². The van der Waals surface area contributed by atoms with Crippen molar-refractivity contribution < 1.29 is 17.9 Å². The number of alkyl halides is 3. The lowest BCUT2D eigenvalue weighted by Crippen LogP contribution is -2.10. The molecular formula is C21H21F3N4OS2. The van der Waals surface area contributed by atoms with Crippen LogP contribution >= 0.6 is 22.9 Å². The number of imidazole rings is 1. The van der Waals surface area contributed by atoms with E-state index < -0.39 is 11.7 Å². The van der Waals surface area contributed by atoms with Gasteiger partial charge in [-0.1, -0.05) is 31.3 Å². The van der Waals surface area contributed by atoms with E-state index in [2.05, 4.69) is 15.3 Å². The van der Waals surface area contributed by atoms with Crippen molar-refractivity contribution in [2.75, 3.05) is 11.9 Å². The molecule has 0 saturated carbocycles. The molecule has 31 heavy (non-hydrogen) atoms. The van der Waals surface area contributed by atoms with E-state index in [4.69, 9.17) is 4.74 Å². The quantitative estimate of drug-likeness (QED) is 0.280. The van der Waals surface area contributed by atoms with Gasteiger partial charge in [-0.3, -0.25) is 3.79 Å². The fraction of sp³-hybridized carbons (Fsp3) is 0.333. The molecule has 0 saturated heterocycles. The van der Waals surface area contributed by atoms with Gasteiger partial charge in [0.25, 0.3) is 0 Å². The predicted molar refractivity (Wildman–Crippen MR) is 119 cm³/mol. The molecule has 0 amide bonds. The third kappa shape index (κ3) is 4.85. The number of hydrogen-bond donors (Lipinski definition) is 1. The number of unbranched alkanes of at least 4 members (excludes halogenated alkanes) is 2. The Morgan fingerprint density at radius 1 is 1.13 bits per heavy atom. The van der Waals surface area contributed by atoms with Crippen molar-refractivity contribution >= 4 is 39.3 Å². The molecule has 5 nitrogen and oxygen atoms in total. The standard InChI is InChI=1S/C21H21F3N4OS2/c1-3-4-5-8-29-18-7-6-14(9-15(18)21(22,23)24)25-20-27-17(12-30-20)16-10-28-19(26-16)13(2)11-31-28/h6-7,9-12H,3-5,8H2,1-2H3,(H,25,27). The smallest absolute Gasteiger partial charge is 0.420 e. The zero-order valence-electron chi connectivity index (χ0n) is 17.0. The molecule has 0 fully saturated rings. The number of nitrogens with zero attached hydrogens (tertiary/aromatic N) is 3. The summed E-state index contributed by atoms with van der Waals surface area (Å²) in [6.45, 7) is 4.29. The molecule has 10 heteroatoms. The van der Waals surface area contributed by atoms with E-state index in [-0.39, 0.29) is 12.4 Å². The number of anilines is 2. The maximum atomic E-state index is 13.5. The highest BCUT2D eigenvalue weighted by Crippen LogP contribution is 2.39. The van der Waals surface area contributed by atoms with Crippen LogP contribution in [0.5, 0.6) is 5.75 Å². The molecule has 0 spiro atoms. The van der Waals surface area contributed by atoms with Crippen molar-refractivity contribution in [3.05, 3.63) is 46.3 Å². The monoisotopic (exact) mass is 466 g/mol. The minimum atomic E-state index is -4.51. The van der Waals surface area contributed by atoms with Crippen LogP contribution in [0, 0.1) is 6.92 Å². The topological polar surface area (TPSA) is 51.5 Å². The van der Waals surface area contributed by atoms with Crippen LogP contribution < -0.4 is 10.1 Å². The summed E-state index contributed by atoms with van der Waals surface area (Å²) in [6.07, 6.45) is 0.0115. The summed E-state index contributed by atoms with van der Waals surface area (Å²) in [5.41, 5.74) is 2.88. The normalized spacial score (nSPS) is 11.9. The van der Waals surface area contributed by atoms with Crippen molar-refractivity contribution in [2.24, 2.45) is 0 Å². The number of benzene rings is 1. The van der Waals surface area contributed by atoms with Gasteiger partial charge in [0.2, 0.25) is 0 Å². The van der Waals surface area contributed by atoms with Gasteiger partial charge in [-0.15, -0.1) is 11.3 Å². The highest BCUT2D eigenvalue weighted by Gasteiger charge is 2.34. The molecular weight excluding hydrogens is 445 g/mol. The second-order valence-corrected chi connectivity index (χ2v) is 8.81. The Hall–Kier alpha value is -2.59. The first-order chi connectivity index (χ1) is 14.8. The lowest BCUT2D eigenvalue weighted by molar-refractivity contribution is -0.138. The van der Waals surface area contributed by atoms with Crippen LogP contribution in [0.1, 0.15) is 37.3 Å². The molecule has 1 N–H and O–H groups in total. The van der Waals surface area contributed by atoms with E-state index in [1.807, 2.05) is 34.6 Å². The van der Waals surface area contributed by atoms with Gasteiger partial charge < -0.3 is 10.1 Å². The third-order valence-electron chi connectivity index (χ3n) is 4.68. The number of aromatic nitrogens is 3. The number of nitrogens with one attached hydrogen (secondary N) is 1. The summed E-state index contributed by atoms with van der Waals surface area (Å²) in [6, 6.07) is 3.99. The number of aryl methyl sites for hydroxylation is 1. The number of hydrogen-bond acceptors (Lipinski definition) is 6. The summed E-state index contributed by atoms with van der Waals surface area (Å²) < 4.78 is 48.0. The molecule has 3 heterocycles. The lowest BCUT2D eigenvalue weighted by Gasteiger charge is -2.15. The molecule has 3 aromatic heterocycles. The largest absolute Gasteiger partial charge is 0.493 e. The molecule has 164 valence electrons. The molecule has 0 aliphatic rings. The van der Waals surface area contributed by atoms with E-state index in [1.54, 1.807) is 17.6 Å². The maximum absolute atomic E-state index is 13.5. The molecule has 4 rings (SSSR count). The average Bonchev–Trinajstić information content (AvgIpc) is 3.43. The molecule has 0 unspecified atom stereocenters. The van der Waals surface area contributed by atoms with Crippen LogP contribution in [0.2, 0.25) is 0 Å². The summed E-state index contributed by atoms with van der Waals surface area (Å²) in [4.78, 5) is 9.08. The fourth-order valence-electron chi connectivity index (χ4n) is 3.08. The minimum Gasteiger partial charge on any atom is -0.493 e. The van der Waals surface area contributed by atoms with Crippen LogP contribution in [0.3, 0.4) is 0 Å². The van der Waals surface area contributed by atoms with Crippen molar-refractivity contribution in [3.8, 4) is 17.1 Å². The Balaban J connectivity index is 1.52. The SMILES string of the molecule is CCCCCOc1ccc(Nc2nc(-c3cn4scc(C)c4n3)cs2)cc1C(F)(F)F. The molecule has 0 atom stereocenters. The Labute approximate surface area is 185 Å². The first-order valence-electron chi connectivity index (χ1n) is 9.86. The third-order valence-corrected chi connectivity index (χ3v) is 6.40.